The molecule has 14 heavy (non-hydrogen) atoms. The topological polar surface area (TPSA) is 40.7 Å². The molecule has 3 nitrogen and oxygen atoms in total. The molecule has 0 saturated heterocycles. The molecule has 2 rings (SSSR count). The summed E-state index contributed by atoms with van der Waals surface area (Å²) < 4.78 is 0.941. The molecule has 0 aliphatic heterocycles. The lowest BCUT2D eigenvalue weighted by atomic mass is 10.1. The fourth-order valence-corrected chi connectivity index (χ4v) is 1.86. The maximum absolute atomic E-state index is 4.20. The van der Waals surface area contributed by atoms with Crippen LogP contribution in [0.15, 0.2) is 22.8 Å². The van der Waals surface area contributed by atoms with Gasteiger partial charge in [-0.05, 0) is 47.6 Å². The fraction of sp³-hybridized carbons (Fsp3) is 0.300. The Morgan fingerprint density at radius 1 is 1.50 bits per heavy atom. The number of aromatic amines is 1. The average molecular weight is 254 g/mol. The highest BCUT2D eigenvalue weighted by Crippen LogP contribution is 2.23. The molecule has 1 heterocycles. The number of fused-ring (bicyclic) bond motifs is 1. The highest BCUT2D eigenvalue weighted by Gasteiger charge is 2.06. The largest absolute Gasteiger partial charge is 0.313 e. The molecule has 1 atom stereocenters. The third kappa shape index (κ3) is 1.55. The van der Waals surface area contributed by atoms with Gasteiger partial charge in [0.1, 0.15) is 4.60 Å². The normalized spacial score (nSPS) is 13.4. The number of halogens is 1. The first-order valence-corrected chi connectivity index (χ1v) is 5.32. The third-order valence-corrected chi connectivity index (χ3v) is 3.07. The smallest absolute Gasteiger partial charge is 0.108 e. The molecule has 0 fully saturated rings. The second kappa shape index (κ2) is 3.71. The van der Waals surface area contributed by atoms with Crippen LogP contribution >= 0.6 is 15.9 Å². The summed E-state index contributed by atoms with van der Waals surface area (Å²) in [7, 11) is 1.95. The van der Waals surface area contributed by atoms with Gasteiger partial charge in [0.2, 0.25) is 0 Å². The molecule has 0 aliphatic carbocycles. The molecule has 0 saturated carbocycles. The molecule has 1 aromatic carbocycles. The van der Waals surface area contributed by atoms with Crippen LogP contribution < -0.4 is 5.32 Å². The Kier molecular flexibility index (Phi) is 2.56. The molecule has 74 valence electrons. The summed E-state index contributed by atoms with van der Waals surface area (Å²) >= 11 is 3.41. The van der Waals surface area contributed by atoms with Crippen molar-refractivity contribution in [3.63, 3.8) is 0 Å². The van der Waals surface area contributed by atoms with Crippen LogP contribution in [0.1, 0.15) is 18.5 Å². The van der Waals surface area contributed by atoms with Crippen molar-refractivity contribution < 1.29 is 0 Å². The first kappa shape index (κ1) is 9.68. The van der Waals surface area contributed by atoms with Crippen molar-refractivity contribution in [1.29, 1.82) is 0 Å². The van der Waals surface area contributed by atoms with E-state index in [0.717, 1.165) is 15.5 Å². The quantitative estimate of drug-likeness (QED) is 0.864. The number of nitrogens with zero attached hydrogens (tertiary/aromatic N) is 1. The second-order valence-electron chi connectivity index (χ2n) is 3.32. The van der Waals surface area contributed by atoms with E-state index in [4.69, 9.17) is 0 Å². The van der Waals surface area contributed by atoms with E-state index < -0.39 is 0 Å². The Bertz CT molecular complexity index is 450. The van der Waals surface area contributed by atoms with Gasteiger partial charge in [0, 0.05) is 11.4 Å². The summed E-state index contributed by atoms with van der Waals surface area (Å²) in [5, 5.41) is 11.4. The molecule has 0 spiro atoms. The molecule has 4 heteroatoms. The zero-order valence-electron chi connectivity index (χ0n) is 8.13. The van der Waals surface area contributed by atoms with Crippen LogP contribution in [0.2, 0.25) is 0 Å². The van der Waals surface area contributed by atoms with E-state index in [1.54, 1.807) is 0 Å². The minimum absolute atomic E-state index is 0.356. The lowest BCUT2D eigenvalue weighted by Crippen LogP contribution is -2.11. The van der Waals surface area contributed by atoms with Crippen LogP contribution in [0.3, 0.4) is 0 Å². The lowest BCUT2D eigenvalue weighted by Gasteiger charge is -2.09. The summed E-state index contributed by atoms with van der Waals surface area (Å²) in [6.07, 6.45) is 0. The number of rotatable bonds is 2. The fourth-order valence-electron chi connectivity index (χ4n) is 1.43. The van der Waals surface area contributed by atoms with Crippen LogP contribution in [0, 0.1) is 0 Å². The van der Waals surface area contributed by atoms with Gasteiger partial charge in [-0.3, -0.25) is 5.10 Å². The molecule has 0 radical (unpaired) electrons. The molecule has 0 aliphatic rings. The van der Waals surface area contributed by atoms with Crippen LogP contribution in [0.25, 0.3) is 10.9 Å². The predicted molar refractivity (Wildman–Crippen MR) is 61.3 cm³/mol. The van der Waals surface area contributed by atoms with E-state index in [9.17, 15) is 0 Å². The lowest BCUT2D eigenvalue weighted by molar-refractivity contribution is 0.653. The third-order valence-electron chi connectivity index (χ3n) is 2.47. The van der Waals surface area contributed by atoms with Gasteiger partial charge in [0.15, 0.2) is 0 Å². The number of nitrogens with one attached hydrogen (secondary N) is 2. The van der Waals surface area contributed by atoms with Crippen molar-refractivity contribution in [2.24, 2.45) is 0 Å². The Balaban J connectivity index is 2.52. The molecule has 1 unspecified atom stereocenters. The Hall–Kier alpha value is -0.870. The van der Waals surface area contributed by atoms with Crippen molar-refractivity contribution >= 4 is 26.8 Å². The van der Waals surface area contributed by atoms with E-state index in [0.29, 0.717) is 6.04 Å². The van der Waals surface area contributed by atoms with Crippen molar-refractivity contribution in [2.75, 3.05) is 7.05 Å². The molecule has 1 aromatic heterocycles. The van der Waals surface area contributed by atoms with Gasteiger partial charge in [0.25, 0.3) is 0 Å². The number of hydrogen-bond donors (Lipinski definition) is 2. The van der Waals surface area contributed by atoms with Crippen LogP contribution in [-0.4, -0.2) is 17.2 Å². The van der Waals surface area contributed by atoms with Crippen LogP contribution in [0.5, 0.6) is 0 Å². The Labute approximate surface area is 91.0 Å². The molecular formula is C10H12BrN3. The van der Waals surface area contributed by atoms with E-state index >= 15 is 0 Å². The Morgan fingerprint density at radius 3 is 3.00 bits per heavy atom. The maximum Gasteiger partial charge on any atom is 0.108 e. The summed E-state index contributed by atoms with van der Waals surface area (Å²) in [5.41, 5.74) is 2.25. The zero-order chi connectivity index (χ0) is 10.1. The zero-order valence-corrected chi connectivity index (χ0v) is 9.72. The predicted octanol–water partition coefficient (Wildman–Crippen LogP) is 2.61. The average Bonchev–Trinajstić information content (AvgIpc) is 2.59. The molecule has 2 N–H and O–H groups in total. The van der Waals surface area contributed by atoms with Crippen molar-refractivity contribution in [3.05, 3.63) is 28.4 Å². The minimum atomic E-state index is 0.356. The summed E-state index contributed by atoms with van der Waals surface area (Å²) in [6.45, 7) is 2.13. The first-order valence-electron chi connectivity index (χ1n) is 4.53. The number of aromatic nitrogens is 2. The van der Waals surface area contributed by atoms with Gasteiger partial charge in [-0.25, -0.2) is 0 Å². The molecule has 0 amide bonds. The number of H-pyrrole nitrogens is 1. The van der Waals surface area contributed by atoms with Crippen LogP contribution in [0.4, 0.5) is 0 Å². The number of benzene rings is 1. The van der Waals surface area contributed by atoms with Crippen molar-refractivity contribution in [1.82, 2.24) is 15.5 Å². The minimum Gasteiger partial charge on any atom is -0.313 e. The standard InChI is InChI=1S/C10H12BrN3/c1-6(12-2)7-3-4-8-9(5-7)13-14-10(8)11/h3-6,12H,1-2H3,(H,13,14). The summed E-state index contributed by atoms with van der Waals surface area (Å²) in [4.78, 5) is 0. The maximum atomic E-state index is 4.20. The first-order chi connectivity index (χ1) is 6.72. The van der Waals surface area contributed by atoms with E-state index in [-0.39, 0.29) is 0 Å². The second-order valence-corrected chi connectivity index (χ2v) is 4.12. The Morgan fingerprint density at radius 2 is 2.29 bits per heavy atom. The van der Waals surface area contributed by atoms with Crippen molar-refractivity contribution in [2.45, 2.75) is 13.0 Å². The molecular weight excluding hydrogens is 242 g/mol. The van der Waals surface area contributed by atoms with E-state index in [1.165, 1.54) is 5.56 Å². The van der Waals surface area contributed by atoms with E-state index in [2.05, 4.69) is 56.6 Å². The number of hydrogen-bond acceptors (Lipinski definition) is 2. The van der Waals surface area contributed by atoms with Crippen LogP contribution in [-0.2, 0) is 0 Å². The summed E-state index contributed by atoms with van der Waals surface area (Å²) in [5.74, 6) is 0. The molecule has 2 aromatic rings. The monoisotopic (exact) mass is 253 g/mol. The summed E-state index contributed by atoms with van der Waals surface area (Å²) in [6, 6.07) is 6.64. The van der Waals surface area contributed by atoms with Gasteiger partial charge >= 0.3 is 0 Å². The van der Waals surface area contributed by atoms with Gasteiger partial charge in [0.05, 0.1) is 5.52 Å². The highest BCUT2D eigenvalue weighted by molar-refractivity contribution is 9.10. The van der Waals surface area contributed by atoms with Gasteiger partial charge < -0.3 is 5.32 Å². The van der Waals surface area contributed by atoms with E-state index in [1.807, 2.05) is 7.05 Å². The van der Waals surface area contributed by atoms with Gasteiger partial charge in [-0.15, -0.1) is 0 Å². The van der Waals surface area contributed by atoms with Gasteiger partial charge in [-0.1, -0.05) is 6.07 Å². The SMILES string of the molecule is CNC(C)c1ccc2c(Br)[nH]nc2c1. The molecule has 0 bridgehead atoms. The van der Waals surface area contributed by atoms with Gasteiger partial charge in [-0.2, -0.15) is 5.10 Å². The van der Waals surface area contributed by atoms with Crippen molar-refractivity contribution in [3.8, 4) is 0 Å². The highest BCUT2D eigenvalue weighted by atomic mass is 79.9.